The van der Waals surface area contributed by atoms with Gasteiger partial charge in [-0.3, -0.25) is 0 Å². The van der Waals surface area contributed by atoms with Gasteiger partial charge in [-0.15, -0.1) is 11.3 Å². The van der Waals surface area contributed by atoms with Gasteiger partial charge >= 0.3 is 0 Å². The Hall–Kier alpha value is -3.88. The van der Waals surface area contributed by atoms with Crippen LogP contribution in [0.2, 0.25) is 0 Å². The number of hydrogen-bond acceptors (Lipinski definition) is 1. The highest BCUT2D eigenvalue weighted by Gasteiger charge is 2.38. The molecule has 0 radical (unpaired) electrons. The van der Waals surface area contributed by atoms with E-state index in [-0.39, 0.29) is 5.41 Å². The Kier molecular flexibility index (Phi) is 3.67. The maximum atomic E-state index is 2.55. The lowest BCUT2D eigenvalue weighted by atomic mass is 9.81. The molecule has 0 fully saturated rings. The SMILES string of the molecule is CC1(C)c2ccccc2-c2ccc3c4ccccc4n(-c4cccc5sc6ccccc6c45)c3c21. The van der Waals surface area contributed by atoms with Crippen molar-refractivity contribution in [2.24, 2.45) is 0 Å². The van der Waals surface area contributed by atoms with Crippen LogP contribution in [0.5, 0.6) is 0 Å². The second-order valence-electron chi connectivity index (χ2n) is 10.2. The summed E-state index contributed by atoms with van der Waals surface area (Å²) in [6.45, 7) is 4.78. The molecule has 1 aliphatic rings. The first kappa shape index (κ1) is 19.4. The first-order valence-corrected chi connectivity index (χ1v) is 13.0. The number of thiophene rings is 1. The summed E-state index contributed by atoms with van der Waals surface area (Å²) >= 11 is 1.89. The summed E-state index contributed by atoms with van der Waals surface area (Å²) in [5.74, 6) is 0. The van der Waals surface area contributed by atoms with Gasteiger partial charge in [-0.25, -0.2) is 0 Å². The van der Waals surface area contributed by atoms with Gasteiger partial charge in [0.2, 0.25) is 0 Å². The van der Waals surface area contributed by atoms with Crippen LogP contribution in [-0.2, 0) is 5.41 Å². The van der Waals surface area contributed by atoms with Crippen molar-refractivity contribution in [3.63, 3.8) is 0 Å². The number of aromatic nitrogens is 1. The Bertz CT molecular complexity index is 1980. The molecule has 0 unspecified atom stereocenters. The first-order valence-electron chi connectivity index (χ1n) is 12.2. The van der Waals surface area contributed by atoms with Gasteiger partial charge in [-0.1, -0.05) is 92.7 Å². The van der Waals surface area contributed by atoms with Gasteiger partial charge in [-0.2, -0.15) is 0 Å². The third kappa shape index (κ3) is 2.38. The fraction of sp³-hybridized carbons (Fsp3) is 0.0909. The van der Waals surface area contributed by atoms with Crippen LogP contribution < -0.4 is 0 Å². The van der Waals surface area contributed by atoms with Gasteiger partial charge < -0.3 is 4.57 Å². The molecule has 0 spiro atoms. The standard InChI is InChI=1S/C33H23NS/c1-33(2)25-13-6-3-10-20(25)22-18-19-23-21-11-4-7-14-26(21)34(32(23)31(22)33)27-15-9-17-29-30(27)24-12-5-8-16-28(24)35-29/h3-19H,1-2H3. The summed E-state index contributed by atoms with van der Waals surface area (Å²) in [5, 5.41) is 5.33. The molecule has 5 aromatic carbocycles. The lowest BCUT2D eigenvalue weighted by Crippen LogP contribution is -2.16. The van der Waals surface area contributed by atoms with Gasteiger partial charge in [0.25, 0.3) is 0 Å². The molecule has 1 aliphatic carbocycles. The third-order valence-corrected chi connectivity index (χ3v) is 9.11. The number of para-hydroxylation sites is 1. The smallest absolute Gasteiger partial charge is 0.0588 e. The molecule has 0 atom stereocenters. The average molecular weight is 466 g/mol. The minimum Gasteiger partial charge on any atom is -0.308 e. The predicted octanol–water partition coefficient (Wildman–Crippen LogP) is 9.46. The molecule has 7 aromatic rings. The summed E-state index contributed by atoms with van der Waals surface area (Å²) in [7, 11) is 0. The highest BCUT2D eigenvalue weighted by Crippen LogP contribution is 2.53. The number of rotatable bonds is 1. The normalized spacial score (nSPS) is 14.2. The molecule has 2 heteroatoms. The van der Waals surface area contributed by atoms with Gasteiger partial charge in [-0.05, 0) is 46.5 Å². The van der Waals surface area contributed by atoms with E-state index in [9.17, 15) is 0 Å². The number of hydrogen-bond donors (Lipinski definition) is 0. The number of fused-ring (bicyclic) bond motifs is 10. The van der Waals surface area contributed by atoms with Gasteiger partial charge in [0.05, 0.1) is 16.7 Å². The van der Waals surface area contributed by atoms with Crippen LogP contribution in [0.3, 0.4) is 0 Å². The second-order valence-corrected chi connectivity index (χ2v) is 11.2. The van der Waals surface area contributed by atoms with Crippen LogP contribution >= 0.6 is 11.3 Å². The number of nitrogens with zero attached hydrogens (tertiary/aromatic N) is 1. The third-order valence-electron chi connectivity index (χ3n) is 7.97. The summed E-state index contributed by atoms with van der Waals surface area (Å²) in [5.41, 5.74) is 9.38. The molecule has 0 aliphatic heterocycles. The van der Waals surface area contributed by atoms with Crippen molar-refractivity contribution in [1.29, 1.82) is 0 Å². The molecule has 0 N–H and O–H groups in total. The molecule has 0 saturated carbocycles. The Labute approximate surface area is 207 Å². The Balaban J connectivity index is 1.62. The fourth-order valence-corrected chi connectivity index (χ4v) is 7.63. The van der Waals surface area contributed by atoms with Crippen molar-refractivity contribution >= 4 is 53.3 Å². The van der Waals surface area contributed by atoms with E-state index in [0.717, 1.165) is 0 Å². The average Bonchev–Trinajstić information content (AvgIpc) is 3.50. The molecular formula is C33H23NS. The van der Waals surface area contributed by atoms with Crippen LogP contribution in [0, 0.1) is 0 Å². The van der Waals surface area contributed by atoms with Crippen LogP contribution in [0.1, 0.15) is 25.0 Å². The van der Waals surface area contributed by atoms with Gasteiger partial charge in [0.15, 0.2) is 0 Å². The van der Waals surface area contributed by atoms with Crippen LogP contribution in [0.15, 0.2) is 103 Å². The van der Waals surface area contributed by atoms with Crippen LogP contribution in [0.4, 0.5) is 0 Å². The first-order chi connectivity index (χ1) is 17.1. The molecule has 2 aromatic heterocycles. The zero-order chi connectivity index (χ0) is 23.3. The lowest BCUT2D eigenvalue weighted by molar-refractivity contribution is 0.664. The quantitative estimate of drug-likeness (QED) is 0.227. The largest absolute Gasteiger partial charge is 0.308 e. The summed E-state index contributed by atoms with van der Waals surface area (Å²) in [6.07, 6.45) is 0. The minimum absolute atomic E-state index is 0.0812. The van der Waals surface area contributed by atoms with Crippen molar-refractivity contribution in [2.45, 2.75) is 19.3 Å². The zero-order valence-electron chi connectivity index (χ0n) is 19.7. The summed E-state index contributed by atoms with van der Waals surface area (Å²) in [6, 6.07) is 38.1. The highest BCUT2D eigenvalue weighted by molar-refractivity contribution is 7.25. The molecule has 2 heterocycles. The van der Waals surface area contributed by atoms with Crippen LogP contribution in [0.25, 0.3) is 58.8 Å². The maximum Gasteiger partial charge on any atom is 0.0588 e. The van der Waals surface area contributed by atoms with Crippen molar-refractivity contribution in [3.05, 3.63) is 114 Å². The van der Waals surface area contributed by atoms with E-state index < -0.39 is 0 Å². The van der Waals surface area contributed by atoms with E-state index in [2.05, 4.69) is 122 Å². The van der Waals surface area contributed by atoms with Crippen molar-refractivity contribution < 1.29 is 0 Å². The van der Waals surface area contributed by atoms with Crippen LogP contribution in [-0.4, -0.2) is 4.57 Å². The molecular weight excluding hydrogens is 442 g/mol. The fourth-order valence-electron chi connectivity index (χ4n) is 6.50. The Morgan fingerprint density at radius 3 is 2.26 bits per heavy atom. The molecule has 8 rings (SSSR count). The van der Waals surface area contributed by atoms with E-state index in [1.54, 1.807) is 0 Å². The van der Waals surface area contributed by atoms with Crippen molar-refractivity contribution in [1.82, 2.24) is 4.57 Å². The van der Waals surface area contributed by atoms with E-state index in [4.69, 9.17) is 0 Å². The molecule has 0 saturated heterocycles. The summed E-state index contributed by atoms with van der Waals surface area (Å²) in [4.78, 5) is 0. The molecule has 1 nitrogen and oxygen atoms in total. The zero-order valence-corrected chi connectivity index (χ0v) is 20.5. The molecule has 0 bridgehead atoms. The summed E-state index contributed by atoms with van der Waals surface area (Å²) < 4.78 is 5.23. The van der Waals surface area contributed by atoms with Crippen molar-refractivity contribution in [3.8, 4) is 16.8 Å². The van der Waals surface area contributed by atoms with E-state index >= 15 is 0 Å². The highest BCUT2D eigenvalue weighted by atomic mass is 32.1. The molecule has 0 amide bonds. The lowest BCUT2D eigenvalue weighted by Gasteiger charge is -2.24. The molecule has 35 heavy (non-hydrogen) atoms. The van der Waals surface area contributed by atoms with E-state index in [0.29, 0.717) is 0 Å². The number of benzene rings is 5. The Morgan fingerprint density at radius 2 is 1.34 bits per heavy atom. The second kappa shape index (κ2) is 6.62. The molecule has 166 valence electrons. The topological polar surface area (TPSA) is 4.93 Å². The minimum atomic E-state index is -0.0812. The Morgan fingerprint density at radius 1 is 0.600 bits per heavy atom. The van der Waals surface area contributed by atoms with Gasteiger partial charge in [0, 0.05) is 36.4 Å². The van der Waals surface area contributed by atoms with E-state index in [1.165, 1.54) is 69.9 Å². The predicted molar refractivity (Wildman–Crippen MR) is 151 cm³/mol. The maximum absolute atomic E-state index is 2.55. The van der Waals surface area contributed by atoms with Crippen molar-refractivity contribution in [2.75, 3.05) is 0 Å². The van der Waals surface area contributed by atoms with E-state index in [1.807, 2.05) is 11.3 Å². The van der Waals surface area contributed by atoms with Gasteiger partial charge in [0.1, 0.15) is 0 Å². The monoisotopic (exact) mass is 465 g/mol.